The Bertz CT molecular complexity index is 192. The van der Waals surface area contributed by atoms with E-state index in [-0.39, 0.29) is 0 Å². The minimum absolute atomic E-state index is 0.378. The van der Waals surface area contributed by atoms with Crippen molar-refractivity contribution in [3.8, 4) is 0 Å². The second kappa shape index (κ2) is 15.2. The van der Waals surface area contributed by atoms with Crippen LogP contribution in [0.25, 0.3) is 0 Å². The van der Waals surface area contributed by atoms with Crippen molar-refractivity contribution < 1.29 is 13.2 Å². The summed E-state index contributed by atoms with van der Waals surface area (Å²) in [6.07, 6.45) is -4.52. The molecule has 7 heteroatoms. The van der Waals surface area contributed by atoms with E-state index >= 15 is 0 Å². The standard InChI is InChI=1S/C5H11F3Si.2C4H12Si.C2H8Si/c1-9(2)4-3-5(6,7)8;2*1-5(2,3)4;1-3-2/h9H,3-4H2,1-2H3;2*1-4H3;3H2,1-2H3. The molecule has 0 aromatic carbocycles. The topological polar surface area (TPSA) is 0 Å². The zero-order valence-electron chi connectivity index (χ0n) is 17.3. The lowest BCUT2D eigenvalue weighted by Gasteiger charge is -2.06. The molecule has 0 rings (SSSR count). The Balaban J connectivity index is -0.000000107. The first kappa shape index (κ1) is 30.5. The molecule has 0 spiro atoms. The molecule has 0 fully saturated rings. The summed E-state index contributed by atoms with van der Waals surface area (Å²) >= 11 is 0. The smallest absolute Gasteiger partial charge is 0.171 e. The Kier molecular flexibility index (Phi) is 21.1. The maximum Gasteiger partial charge on any atom is 0.388 e. The van der Waals surface area contributed by atoms with Crippen molar-refractivity contribution in [3.05, 3.63) is 0 Å². The Morgan fingerprint density at radius 2 is 0.955 bits per heavy atom. The molecule has 140 valence electrons. The SMILES string of the molecule is C[SiH2]C.C[SiH](C)CCC(F)(F)F.C[Si](C)(C)C.C[Si](C)(C)C. The van der Waals surface area contributed by atoms with Gasteiger partial charge in [0.2, 0.25) is 0 Å². The van der Waals surface area contributed by atoms with Gasteiger partial charge in [-0.2, -0.15) is 13.2 Å². The predicted molar refractivity (Wildman–Crippen MR) is 113 cm³/mol. The molecule has 0 N–H and O–H groups in total. The number of hydrogen-bond donors (Lipinski definition) is 0. The van der Waals surface area contributed by atoms with Gasteiger partial charge in [0.1, 0.15) is 0 Å². The molecule has 0 radical (unpaired) electrons. The van der Waals surface area contributed by atoms with Gasteiger partial charge in [-0.1, -0.05) is 84.6 Å². The van der Waals surface area contributed by atoms with Gasteiger partial charge in [-0.3, -0.25) is 0 Å². The van der Waals surface area contributed by atoms with Gasteiger partial charge in [0.05, 0.1) is 0 Å². The number of halogens is 3. The summed E-state index contributed by atoms with van der Waals surface area (Å²) in [7, 11) is -1.80. The van der Waals surface area contributed by atoms with E-state index in [0.717, 1.165) is 0 Å². The van der Waals surface area contributed by atoms with Gasteiger partial charge < -0.3 is 0 Å². The maximum atomic E-state index is 11.4. The van der Waals surface area contributed by atoms with E-state index in [4.69, 9.17) is 0 Å². The molecule has 0 aliphatic heterocycles. The lowest BCUT2D eigenvalue weighted by Crippen LogP contribution is -2.11. The quantitative estimate of drug-likeness (QED) is 0.465. The van der Waals surface area contributed by atoms with E-state index in [1.54, 1.807) is 0 Å². The van der Waals surface area contributed by atoms with Crippen molar-refractivity contribution in [1.29, 1.82) is 0 Å². The van der Waals surface area contributed by atoms with Crippen LogP contribution in [0, 0.1) is 0 Å². The highest BCUT2D eigenvalue weighted by molar-refractivity contribution is 6.75. The third-order valence-electron chi connectivity index (χ3n) is 1.01. The highest BCUT2D eigenvalue weighted by atomic mass is 28.3. The molecule has 0 unspecified atom stereocenters. The normalized spacial score (nSPS) is 11.5. The van der Waals surface area contributed by atoms with Gasteiger partial charge in [-0.25, -0.2) is 0 Å². The highest BCUT2D eigenvalue weighted by Gasteiger charge is 2.26. The first-order chi connectivity index (χ1) is 9.33. The highest BCUT2D eigenvalue weighted by Crippen LogP contribution is 2.22. The van der Waals surface area contributed by atoms with Crippen LogP contribution in [0.4, 0.5) is 13.2 Å². The molecule has 0 saturated heterocycles. The molecule has 0 amide bonds. The summed E-state index contributed by atoms with van der Waals surface area (Å²) in [5.74, 6) is 0. The van der Waals surface area contributed by atoms with E-state index < -0.39 is 37.5 Å². The molecular formula is C15H43F3Si4. The van der Waals surface area contributed by atoms with Gasteiger partial charge in [0.15, 0.2) is 0 Å². The van der Waals surface area contributed by atoms with Crippen LogP contribution in [0.3, 0.4) is 0 Å². The van der Waals surface area contributed by atoms with Crippen LogP contribution in [-0.4, -0.2) is 40.6 Å². The molecule has 0 bridgehead atoms. The Morgan fingerprint density at radius 1 is 0.773 bits per heavy atom. The van der Waals surface area contributed by atoms with Crippen LogP contribution >= 0.6 is 0 Å². The van der Waals surface area contributed by atoms with Crippen molar-refractivity contribution in [1.82, 2.24) is 0 Å². The van der Waals surface area contributed by atoms with Gasteiger partial charge in [0.25, 0.3) is 0 Å². The van der Waals surface area contributed by atoms with Crippen molar-refractivity contribution in [2.24, 2.45) is 0 Å². The Labute approximate surface area is 145 Å². The number of hydrogen-bond acceptors (Lipinski definition) is 0. The molecule has 0 saturated carbocycles. The summed E-state index contributed by atoms with van der Waals surface area (Å²) in [6, 6.07) is 0.378. The van der Waals surface area contributed by atoms with Gasteiger partial charge in [-0.15, -0.1) is 0 Å². The second-order valence-electron chi connectivity index (χ2n) is 9.25. The van der Waals surface area contributed by atoms with Crippen LogP contribution in [0.15, 0.2) is 0 Å². The summed E-state index contributed by atoms with van der Waals surface area (Å²) in [6.45, 7) is 27.0. The van der Waals surface area contributed by atoms with E-state index in [1.807, 2.05) is 13.1 Å². The molecule has 0 atom stereocenters. The summed E-state index contributed by atoms with van der Waals surface area (Å²) in [5.41, 5.74) is 0. The zero-order valence-corrected chi connectivity index (χ0v) is 21.9. The molecule has 22 heavy (non-hydrogen) atoms. The molecule has 0 aromatic heterocycles. The average molecular weight is 393 g/mol. The van der Waals surface area contributed by atoms with Crippen LogP contribution in [0.5, 0.6) is 0 Å². The minimum atomic E-state index is -3.93. The second-order valence-corrected chi connectivity index (χ2v) is 26.0. The fourth-order valence-corrected chi connectivity index (χ4v) is 1.36. The molecule has 0 aromatic rings. The third kappa shape index (κ3) is 180. The largest absolute Gasteiger partial charge is 0.388 e. The van der Waals surface area contributed by atoms with E-state index in [9.17, 15) is 13.2 Å². The molecule has 0 aliphatic carbocycles. The maximum absolute atomic E-state index is 11.4. The molecule has 0 aliphatic rings. The van der Waals surface area contributed by atoms with Crippen molar-refractivity contribution in [2.45, 2.75) is 97.2 Å². The van der Waals surface area contributed by atoms with Crippen molar-refractivity contribution >= 4 is 34.5 Å². The van der Waals surface area contributed by atoms with Gasteiger partial charge in [-0.05, 0) is 0 Å². The Morgan fingerprint density at radius 3 is 1.00 bits per heavy atom. The lowest BCUT2D eigenvalue weighted by atomic mass is 10.5. The Hall–Kier alpha value is 0.658. The monoisotopic (exact) mass is 392 g/mol. The van der Waals surface area contributed by atoms with Crippen molar-refractivity contribution in [3.63, 3.8) is 0 Å². The summed E-state index contributed by atoms with van der Waals surface area (Å²) < 4.78 is 34.3. The van der Waals surface area contributed by atoms with Crippen LogP contribution in [-0.2, 0) is 0 Å². The van der Waals surface area contributed by atoms with Gasteiger partial charge in [0, 0.05) is 40.9 Å². The molecule has 0 nitrogen and oxygen atoms in total. The first-order valence-electron chi connectivity index (χ1n) is 8.40. The minimum Gasteiger partial charge on any atom is -0.171 e. The zero-order chi connectivity index (χ0) is 19.2. The van der Waals surface area contributed by atoms with Crippen LogP contribution in [0.2, 0.25) is 84.6 Å². The van der Waals surface area contributed by atoms with E-state index in [1.165, 1.54) is 0 Å². The summed E-state index contributed by atoms with van der Waals surface area (Å²) in [5, 5.41) is 0. The van der Waals surface area contributed by atoms with Crippen molar-refractivity contribution in [2.75, 3.05) is 0 Å². The molecule has 0 heterocycles. The lowest BCUT2D eigenvalue weighted by molar-refractivity contribution is -0.130. The fourth-order valence-electron chi connectivity index (χ4n) is 0.452. The average Bonchev–Trinajstić information content (AvgIpc) is 2.09. The van der Waals surface area contributed by atoms with Gasteiger partial charge >= 0.3 is 6.18 Å². The molecular weight excluding hydrogens is 350 g/mol. The van der Waals surface area contributed by atoms with Crippen LogP contribution < -0.4 is 0 Å². The predicted octanol–water partition coefficient (Wildman–Crippen LogP) is 6.59. The first-order valence-corrected chi connectivity index (χ1v) is 22.4. The van der Waals surface area contributed by atoms with Crippen LogP contribution in [0.1, 0.15) is 6.42 Å². The third-order valence-corrected chi connectivity index (χ3v) is 2.45. The summed E-state index contributed by atoms with van der Waals surface area (Å²) in [4.78, 5) is 0. The fraction of sp³-hybridized carbons (Fsp3) is 1.00. The van der Waals surface area contributed by atoms with E-state index in [0.29, 0.717) is 15.6 Å². The number of rotatable bonds is 2. The van der Waals surface area contributed by atoms with E-state index in [2.05, 4.69) is 65.5 Å². The number of alkyl halides is 3.